The average Bonchev–Trinajstić information content (AvgIpc) is 2.57. The lowest BCUT2D eigenvalue weighted by atomic mass is 10.2. The average molecular weight is 334 g/mol. The van der Waals surface area contributed by atoms with Gasteiger partial charge in [0.2, 0.25) is 5.71 Å². The summed E-state index contributed by atoms with van der Waals surface area (Å²) in [6, 6.07) is 8.28. The van der Waals surface area contributed by atoms with E-state index in [1.807, 2.05) is 0 Å². The maximum absolute atomic E-state index is 12.0. The van der Waals surface area contributed by atoms with E-state index in [-0.39, 0.29) is 29.0 Å². The van der Waals surface area contributed by atoms with Gasteiger partial charge in [-0.05, 0) is 19.1 Å². The van der Waals surface area contributed by atoms with Crippen molar-refractivity contribution in [2.45, 2.75) is 6.92 Å². The fourth-order valence-electron chi connectivity index (χ4n) is 1.55. The van der Waals surface area contributed by atoms with Crippen molar-refractivity contribution in [1.29, 1.82) is 0 Å². The number of rotatable bonds is 5. The van der Waals surface area contributed by atoms with Crippen molar-refractivity contribution in [1.82, 2.24) is 0 Å². The number of hydrogen-bond donors (Lipinski definition) is 1. The normalized spacial score (nSPS) is 14.6. The van der Waals surface area contributed by atoms with Crippen molar-refractivity contribution in [3.05, 3.63) is 35.9 Å². The Bertz CT molecular complexity index is 685. The second kappa shape index (κ2) is 8.08. The zero-order chi connectivity index (χ0) is 16.7. The van der Waals surface area contributed by atoms with Gasteiger partial charge in [0, 0.05) is 5.75 Å². The zero-order valence-corrected chi connectivity index (χ0v) is 13.1. The van der Waals surface area contributed by atoms with Gasteiger partial charge in [-0.2, -0.15) is 0 Å². The van der Waals surface area contributed by atoms with E-state index in [1.165, 1.54) is 11.8 Å². The molecule has 120 valence electrons. The molecule has 1 aromatic carbocycles. The van der Waals surface area contributed by atoms with Crippen LogP contribution in [-0.4, -0.2) is 40.9 Å². The first kappa shape index (κ1) is 16.7. The van der Waals surface area contributed by atoms with Crippen LogP contribution in [0.2, 0.25) is 0 Å². The quantitative estimate of drug-likeness (QED) is 0.374. The Balaban J connectivity index is 2.20. The van der Waals surface area contributed by atoms with Crippen molar-refractivity contribution in [2.75, 3.05) is 12.4 Å². The number of hydrogen-bond acceptors (Lipinski definition) is 9. The van der Waals surface area contributed by atoms with Crippen LogP contribution in [0.3, 0.4) is 0 Å². The second-order valence-electron chi connectivity index (χ2n) is 4.18. The van der Waals surface area contributed by atoms with Gasteiger partial charge in [0.1, 0.15) is 5.71 Å². The molecule has 8 nitrogen and oxygen atoms in total. The summed E-state index contributed by atoms with van der Waals surface area (Å²) in [5.41, 5.74) is 5.82. The third kappa shape index (κ3) is 4.65. The van der Waals surface area contributed by atoms with Crippen molar-refractivity contribution in [2.24, 2.45) is 21.1 Å². The molecule has 0 aliphatic carbocycles. The van der Waals surface area contributed by atoms with E-state index in [4.69, 9.17) is 15.3 Å². The maximum atomic E-state index is 12.0. The molecular formula is C14H14N4O4S. The molecule has 0 fully saturated rings. The van der Waals surface area contributed by atoms with Gasteiger partial charge < -0.3 is 15.3 Å². The highest BCUT2D eigenvalue weighted by Gasteiger charge is 2.24. The molecule has 1 aliphatic heterocycles. The lowest BCUT2D eigenvalue weighted by molar-refractivity contribution is -0.134. The Morgan fingerprint density at radius 2 is 2.04 bits per heavy atom. The summed E-state index contributed by atoms with van der Waals surface area (Å²) in [5.74, 6) is -1.17. The van der Waals surface area contributed by atoms with E-state index in [0.29, 0.717) is 5.56 Å². The molecule has 0 unspecified atom stereocenters. The first-order chi connectivity index (χ1) is 11.1. The molecule has 1 aliphatic rings. The summed E-state index contributed by atoms with van der Waals surface area (Å²) in [4.78, 5) is 28.7. The van der Waals surface area contributed by atoms with E-state index in [2.05, 4.69) is 15.4 Å². The van der Waals surface area contributed by atoms with Crippen LogP contribution in [0.15, 0.2) is 45.7 Å². The van der Waals surface area contributed by atoms with Crippen LogP contribution in [0.4, 0.5) is 0 Å². The SMILES string of the molecule is CCOC(=O)/C(=N/OC(=O)c1ccccc1)C1=NN=C(N)SC1. The van der Waals surface area contributed by atoms with Crippen LogP contribution in [0.5, 0.6) is 0 Å². The van der Waals surface area contributed by atoms with E-state index in [1.54, 1.807) is 37.3 Å². The molecule has 0 amide bonds. The van der Waals surface area contributed by atoms with Gasteiger partial charge in [-0.3, -0.25) is 0 Å². The monoisotopic (exact) mass is 334 g/mol. The standard InChI is InChI=1S/C14H14N4O4S/c1-2-21-13(20)11(10-8-23-14(15)17-16-10)18-22-12(19)9-6-4-3-5-7-9/h3-7H,2,8H2,1H3,(H2,15,17)/b18-11+. The number of carbonyl (C=O) groups is 2. The highest BCUT2D eigenvalue weighted by atomic mass is 32.2. The lowest BCUT2D eigenvalue weighted by Crippen LogP contribution is -2.31. The number of carbonyl (C=O) groups excluding carboxylic acids is 2. The number of ether oxygens (including phenoxy) is 1. The fourth-order valence-corrected chi connectivity index (χ4v) is 2.12. The topological polar surface area (TPSA) is 116 Å². The van der Waals surface area contributed by atoms with Gasteiger partial charge in [0.25, 0.3) is 0 Å². The summed E-state index contributed by atoms with van der Waals surface area (Å²) < 4.78 is 4.89. The Hall–Kier alpha value is -2.68. The number of esters is 1. The minimum atomic E-state index is -0.747. The molecule has 1 aromatic rings. The molecule has 0 bridgehead atoms. The molecule has 0 atom stereocenters. The summed E-state index contributed by atoms with van der Waals surface area (Å²) in [7, 11) is 0. The van der Waals surface area contributed by atoms with Crippen molar-refractivity contribution < 1.29 is 19.2 Å². The smallest absolute Gasteiger partial charge is 0.365 e. The van der Waals surface area contributed by atoms with E-state index < -0.39 is 11.9 Å². The maximum Gasteiger partial charge on any atom is 0.365 e. The zero-order valence-electron chi connectivity index (χ0n) is 12.3. The summed E-state index contributed by atoms with van der Waals surface area (Å²) in [6.45, 7) is 1.80. The minimum Gasteiger partial charge on any atom is -0.461 e. The molecule has 0 radical (unpaired) electrons. The van der Waals surface area contributed by atoms with Crippen LogP contribution in [0.1, 0.15) is 17.3 Å². The van der Waals surface area contributed by atoms with Crippen molar-refractivity contribution in [3.8, 4) is 0 Å². The van der Waals surface area contributed by atoms with Crippen LogP contribution in [-0.2, 0) is 14.4 Å². The predicted octanol–water partition coefficient (Wildman–Crippen LogP) is 1.18. The number of oxime groups is 1. The Labute approximate surface area is 136 Å². The minimum absolute atomic E-state index is 0.149. The van der Waals surface area contributed by atoms with Gasteiger partial charge in [0.05, 0.1) is 12.2 Å². The van der Waals surface area contributed by atoms with Crippen LogP contribution < -0.4 is 5.73 Å². The van der Waals surface area contributed by atoms with Crippen LogP contribution >= 0.6 is 11.8 Å². The number of nitrogens with two attached hydrogens (primary N) is 1. The summed E-state index contributed by atoms with van der Waals surface area (Å²) in [6.07, 6.45) is 0. The van der Waals surface area contributed by atoms with Gasteiger partial charge in [-0.25, -0.2) is 9.59 Å². The first-order valence-electron chi connectivity index (χ1n) is 6.66. The Morgan fingerprint density at radius 1 is 1.30 bits per heavy atom. The fraction of sp³-hybridized carbons (Fsp3) is 0.214. The Morgan fingerprint density at radius 3 is 2.65 bits per heavy atom. The first-order valence-corrected chi connectivity index (χ1v) is 7.65. The number of benzene rings is 1. The highest BCUT2D eigenvalue weighted by molar-refractivity contribution is 8.14. The van der Waals surface area contributed by atoms with Crippen molar-refractivity contribution >= 4 is 40.3 Å². The lowest BCUT2D eigenvalue weighted by Gasteiger charge is -2.10. The molecule has 23 heavy (non-hydrogen) atoms. The van der Waals surface area contributed by atoms with E-state index >= 15 is 0 Å². The van der Waals surface area contributed by atoms with Gasteiger partial charge in [-0.1, -0.05) is 35.1 Å². The van der Waals surface area contributed by atoms with Gasteiger partial charge >= 0.3 is 11.9 Å². The van der Waals surface area contributed by atoms with E-state index in [0.717, 1.165) is 0 Å². The number of thioether (sulfide) groups is 1. The number of nitrogens with zero attached hydrogens (tertiary/aromatic N) is 3. The van der Waals surface area contributed by atoms with Crippen LogP contribution in [0.25, 0.3) is 0 Å². The third-order valence-electron chi connectivity index (χ3n) is 2.60. The molecule has 9 heteroatoms. The third-order valence-corrected chi connectivity index (χ3v) is 3.39. The predicted molar refractivity (Wildman–Crippen MR) is 87.4 cm³/mol. The molecule has 0 saturated carbocycles. The van der Waals surface area contributed by atoms with E-state index in [9.17, 15) is 9.59 Å². The van der Waals surface area contributed by atoms with Crippen molar-refractivity contribution in [3.63, 3.8) is 0 Å². The van der Waals surface area contributed by atoms with Crippen LogP contribution in [0, 0.1) is 0 Å². The molecule has 0 spiro atoms. The molecule has 0 aromatic heterocycles. The second-order valence-corrected chi connectivity index (χ2v) is 5.17. The molecule has 0 saturated heterocycles. The largest absolute Gasteiger partial charge is 0.461 e. The highest BCUT2D eigenvalue weighted by Crippen LogP contribution is 2.10. The molecule has 2 rings (SSSR count). The summed E-state index contributed by atoms with van der Waals surface area (Å²) in [5, 5.41) is 11.4. The van der Waals surface area contributed by atoms with Gasteiger partial charge in [0.15, 0.2) is 5.17 Å². The molecular weight excluding hydrogens is 320 g/mol. The van der Waals surface area contributed by atoms with Gasteiger partial charge in [-0.15, -0.1) is 10.2 Å². The molecule has 1 heterocycles. The number of amidine groups is 1. The summed E-state index contributed by atoms with van der Waals surface area (Å²) >= 11 is 1.19. The molecule has 2 N–H and O–H groups in total. The Kier molecular flexibility index (Phi) is 5.87.